The van der Waals surface area contributed by atoms with Crippen molar-refractivity contribution >= 4 is 11.3 Å². The van der Waals surface area contributed by atoms with E-state index in [1.165, 1.54) is 5.01 Å². The molecule has 0 spiro atoms. The van der Waals surface area contributed by atoms with Crippen LogP contribution in [0.4, 0.5) is 0 Å². The molecule has 96 valence electrons. The minimum absolute atomic E-state index is 0.650. The number of nitrogens with one attached hydrogen (secondary N) is 1. The van der Waals surface area contributed by atoms with Crippen LogP contribution in [0, 0.1) is 6.92 Å². The number of thiazole rings is 1. The van der Waals surface area contributed by atoms with Crippen molar-refractivity contribution in [3.05, 3.63) is 40.0 Å². The Labute approximate surface area is 111 Å². The maximum Gasteiger partial charge on any atom is 0.212 e. The fourth-order valence-corrected chi connectivity index (χ4v) is 2.36. The Bertz CT molecular complexity index is 481. The lowest BCUT2D eigenvalue weighted by Crippen LogP contribution is -2.16. The number of nitrogens with zero attached hydrogens (tertiary/aromatic N) is 2. The van der Waals surface area contributed by atoms with E-state index < -0.39 is 0 Å². The van der Waals surface area contributed by atoms with E-state index in [1.807, 2.05) is 25.3 Å². The lowest BCUT2D eigenvalue weighted by atomic mass is 10.3. The fraction of sp³-hybridized carbons (Fsp3) is 0.385. The summed E-state index contributed by atoms with van der Waals surface area (Å²) in [5.41, 5.74) is 2.26. The normalized spacial score (nSPS) is 10.6. The molecule has 5 heteroatoms. The summed E-state index contributed by atoms with van der Waals surface area (Å²) in [6.07, 6.45) is 2.81. The summed E-state index contributed by atoms with van der Waals surface area (Å²) < 4.78 is 5.02. The minimum Gasteiger partial charge on any atom is -0.481 e. The highest BCUT2D eigenvalue weighted by Crippen LogP contribution is 2.09. The number of aromatic nitrogens is 2. The first kappa shape index (κ1) is 13.0. The second-order valence-electron chi connectivity index (χ2n) is 4.02. The van der Waals surface area contributed by atoms with E-state index >= 15 is 0 Å². The molecule has 0 amide bonds. The first-order chi connectivity index (χ1) is 8.78. The lowest BCUT2D eigenvalue weighted by Gasteiger charge is -2.04. The average Bonchev–Trinajstić information content (AvgIpc) is 2.81. The van der Waals surface area contributed by atoms with E-state index in [9.17, 15) is 0 Å². The van der Waals surface area contributed by atoms with Crippen molar-refractivity contribution in [2.75, 3.05) is 13.7 Å². The largest absolute Gasteiger partial charge is 0.481 e. The molecule has 0 bridgehead atoms. The van der Waals surface area contributed by atoms with Crippen LogP contribution in [0.25, 0.3) is 0 Å². The Hall–Kier alpha value is -1.46. The van der Waals surface area contributed by atoms with Crippen molar-refractivity contribution in [3.8, 4) is 5.88 Å². The summed E-state index contributed by atoms with van der Waals surface area (Å²) in [5.74, 6) is 0.650. The zero-order valence-electron chi connectivity index (χ0n) is 10.6. The van der Waals surface area contributed by atoms with E-state index in [4.69, 9.17) is 4.74 Å². The molecule has 0 atom stereocenters. The zero-order chi connectivity index (χ0) is 12.8. The molecule has 0 aliphatic heterocycles. The highest BCUT2D eigenvalue weighted by atomic mass is 32.1. The summed E-state index contributed by atoms with van der Waals surface area (Å²) >= 11 is 1.72. The van der Waals surface area contributed by atoms with Gasteiger partial charge in [0, 0.05) is 42.8 Å². The molecule has 0 fully saturated rings. The first-order valence-corrected chi connectivity index (χ1v) is 6.76. The summed E-state index contributed by atoms with van der Waals surface area (Å²) in [5, 5.41) is 6.66. The maximum absolute atomic E-state index is 5.02. The lowest BCUT2D eigenvalue weighted by molar-refractivity contribution is 0.397. The summed E-state index contributed by atoms with van der Waals surface area (Å²) in [6, 6.07) is 3.90. The van der Waals surface area contributed by atoms with Gasteiger partial charge in [0.15, 0.2) is 0 Å². The van der Waals surface area contributed by atoms with E-state index in [1.54, 1.807) is 18.4 Å². The highest BCUT2D eigenvalue weighted by molar-refractivity contribution is 7.09. The molecule has 0 aromatic carbocycles. The number of pyridine rings is 1. The standard InChI is InChI=1S/C13H17N3OS/c1-10-9-18-13(16-10)5-6-14-7-11-3-4-12(17-2)15-8-11/h3-4,8-9,14H,5-7H2,1-2H3. The Kier molecular flexibility index (Phi) is 4.66. The maximum atomic E-state index is 5.02. The molecule has 0 aliphatic rings. The predicted molar refractivity (Wildman–Crippen MR) is 73.1 cm³/mol. The number of ether oxygens (including phenoxy) is 1. The third-order valence-corrected chi connectivity index (χ3v) is 3.54. The number of hydrogen-bond donors (Lipinski definition) is 1. The van der Waals surface area contributed by atoms with E-state index in [0.29, 0.717) is 5.88 Å². The Morgan fingerprint density at radius 3 is 2.89 bits per heavy atom. The Morgan fingerprint density at radius 2 is 2.28 bits per heavy atom. The monoisotopic (exact) mass is 263 g/mol. The molecule has 0 radical (unpaired) electrons. The zero-order valence-corrected chi connectivity index (χ0v) is 11.5. The van der Waals surface area contributed by atoms with Gasteiger partial charge >= 0.3 is 0 Å². The van der Waals surface area contributed by atoms with Crippen molar-refractivity contribution in [2.45, 2.75) is 19.9 Å². The number of methoxy groups -OCH3 is 1. The van der Waals surface area contributed by atoms with Gasteiger partial charge in [-0.25, -0.2) is 9.97 Å². The molecule has 0 saturated carbocycles. The van der Waals surface area contributed by atoms with Crippen molar-refractivity contribution < 1.29 is 4.74 Å². The molecule has 0 saturated heterocycles. The fourth-order valence-electron chi connectivity index (χ4n) is 1.58. The highest BCUT2D eigenvalue weighted by Gasteiger charge is 1.99. The third kappa shape index (κ3) is 3.78. The third-order valence-electron chi connectivity index (χ3n) is 2.52. The van der Waals surface area contributed by atoms with Gasteiger partial charge in [0.1, 0.15) is 0 Å². The number of rotatable bonds is 6. The molecule has 1 N–H and O–H groups in total. The van der Waals surface area contributed by atoms with Crippen LogP contribution in [-0.4, -0.2) is 23.6 Å². The van der Waals surface area contributed by atoms with Crippen LogP contribution in [-0.2, 0) is 13.0 Å². The second-order valence-corrected chi connectivity index (χ2v) is 4.96. The molecule has 4 nitrogen and oxygen atoms in total. The number of hydrogen-bond acceptors (Lipinski definition) is 5. The molecule has 2 aromatic rings. The van der Waals surface area contributed by atoms with Crippen molar-refractivity contribution in [1.82, 2.24) is 15.3 Å². The summed E-state index contributed by atoms with van der Waals surface area (Å²) in [7, 11) is 1.62. The molecule has 2 heterocycles. The van der Waals surface area contributed by atoms with Crippen LogP contribution in [0.15, 0.2) is 23.7 Å². The molecule has 0 aliphatic carbocycles. The van der Waals surface area contributed by atoms with Crippen molar-refractivity contribution in [2.24, 2.45) is 0 Å². The van der Waals surface area contributed by atoms with Crippen LogP contribution in [0.5, 0.6) is 5.88 Å². The van der Waals surface area contributed by atoms with Crippen LogP contribution in [0.1, 0.15) is 16.3 Å². The van der Waals surface area contributed by atoms with Gasteiger partial charge in [-0.05, 0) is 12.5 Å². The molecular formula is C13H17N3OS. The average molecular weight is 263 g/mol. The van der Waals surface area contributed by atoms with Crippen molar-refractivity contribution in [1.29, 1.82) is 0 Å². The van der Waals surface area contributed by atoms with Crippen LogP contribution in [0.3, 0.4) is 0 Å². The van der Waals surface area contributed by atoms with Gasteiger partial charge in [-0.1, -0.05) is 6.07 Å². The molecule has 2 rings (SSSR count). The van der Waals surface area contributed by atoms with Gasteiger partial charge in [-0.2, -0.15) is 0 Å². The molecule has 18 heavy (non-hydrogen) atoms. The van der Waals surface area contributed by atoms with Crippen LogP contribution < -0.4 is 10.1 Å². The van der Waals surface area contributed by atoms with E-state index in [2.05, 4.69) is 20.7 Å². The predicted octanol–water partition coefficient (Wildman–Crippen LogP) is 2.19. The van der Waals surface area contributed by atoms with Gasteiger partial charge in [0.2, 0.25) is 5.88 Å². The molecule has 0 unspecified atom stereocenters. The summed E-state index contributed by atoms with van der Waals surface area (Å²) in [4.78, 5) is 8.59. The van der Waals surface area contributed by atoms with Gasteiger partial charge in [0.05, 0.1) is 12.1 Å². The van der Waals surface area contributed by atoms with E-state index in [0.717, 1.165) is 30.8 Å². The Morgan fingerprint density at radius 1 is 1.39 bits per heavy atom. The van der Waals surface area contributed by atoms with Gasteiger partial charge in [-0.15, -0.1) is 11.3 Å². The SMILES string of the molecule is COc1ccc(CNCCc2nc(C)cs2)cn1. The molecular weight excluding hydrogens is 246 g/mol. The topological polar surface area (TPSA) is 47.0 Å². The first-order valence-electron chi connectivity index (χ1n) is 5.88. The smallest absolute Gasteiger partial charge is 0.212 e. The van der Waals surface area contributed by atoms with Crippen LogP contribution >= 0.6 is 11.3 Å². The quantitative estimate of drug-likeness (QED) is 0.812. The molecule has 2 aromatic heterocycles. The Balaban J connectivity index is 1.71. The van der Waals surface area contributed by atoms with Crippen LogP contribution in [0.2, 0.25) is 0 Å². The summed E-state index contributed by atoms with van der Waals surface area (Å²) in [6.45, 7) is 3.77. The van der Waals surface area contributed by atoms with Crippen molar-refractivity contribution in [3.63, 3.8) is 0 Å². The van der Waals surface area contributed by atoms with Gasteiger partial charge in [0.25, 0.3) is 0 Å². The second kappa shape index (κ2) is 6.47. The number of aryl methyl sites for hydroxylation is 1. The minimum atomic E-state index is 0.650. The van der Waals surface area contributed by atoms with Gasteiger partial charge in [-0.3, -0.25) is 0 Å². The van der Waals surface area contributed by atoms with Gasteiger partial charge < -0.3 is 10.1 Å². The van der Waals surface area contributed by atoms with E-state index in [-0.39, 0.29) is 0 Å².